The van der Waals surface area contributed by atoms with Crippen LogP contribution < -0.4 is 5.43 Å². The molecule has 4 nitrogen and oxygen atoms in total. The Labute approximate surface area is 147 Å². The van der Waals surface area contributed by atoms with Crippen LogP contribution in [0.15, 0.2) is 51.7 Å². The minimum absolute atomic E-state index is 0.0808. The van der Waals surface area contributed by atoms with Crippen LogP contribution in [0.4, 0.5) is 0 Å². The van der Waals surface area contributed by atoms with Gasteiger partial charge in [0.25, 0.3) is 5.91 Å². The molecule has 0 saturated heterocycles. The number of nitrogens with zero attached hydrogens (tertiary/aromatic N) is 1. The third-order valence-electron chi connectivity index (χ3n) is 4.27. The van der Waals surface area contributed by atoms with Gasteiger partial charge in [-0.2, -0.15) is 0 Å². The Morgan fingerprint density at radius 3 is 2.54 bits per heavy atom. The summed E-state index contributed by atoms with van der Waals surface area (Å²) in [7, 11) is 1.63. The Kier molecular flexibility index (Phi) is 3.41. The predicted molar refractivity (Wildman–Crippen MR) is 92.9 cm³/mol. The van der Waals surface area contributed by atoms with Crippen molar-refractivity contribution in [2.24, 2.45) is 0 Å². The van der Waals surface area contributed by atoms with Gasteiger partial charge in [-0.1, -0.05) is 41.4 Å². The van der Waals surface area contributed by atoms with Crippen LogP contribution in [0.2, 0.25) is 10.0 Å². The van der Waals surface area contributed by atoms with Gasteiger partial charge in [-0.05, 0) is 29.8 Å². The number of hydrogen-bond acceptors (Lipinski definition) is 3. The van der Waals surface area contributed by atoms with Crippen LogP contribution in [0, 0.1) is 0 Å². The first-order valence-electron chi connectivity index (χ1n) is 7.27. The van der Waals surface area contributed by atoms with Crippen LogP contribution in [0.1, 0.15) is 27.7 Å². The van der Waals surface area contributed by atoms with Crippen LogP contribution in [-0.2, 0) is 0 Å². The molecule has 0 N–H and O–H groups in total. The second-order valence-electron chi connectivity index (χ2n) is 5.66. The fraction of sp³-hybridized carbons (Fsp3) is 0.111. The summed E-state index contributed by atoms with van der Waals surface area (Å²) in [4.78, 5) is 27.0. The summed E-state index contributed by atoms with van der Waals surface area (Å²) in [5.41, 5.74) is 1.24. The molecule has 0 aliphatic carbocycles. The van der Waals surface area contributed by atoms with E-state index in [1.165, 1.54) is 4.90 Å². The lowest BCUT2D eigenvalue weighted by Gasteiger charge is -2.20. The van der Waals surface area contributed by atoms with Crippen LogP contribution >= 0.6 is 23.2 Å². The van der Waals surface area contributed by atoms with E-state index in [-0.39, 0.29) is 17.1 Å². The number of rotatable bonds is 1. The molecule has 1 aromatic heterocycles. The van der Waals surface area contributed by atoms with E-state index in [4.69, 9.17) is 27.6 Å². The number of benzene rings is 2. The molecule has 120 valence electrons. The molecule has 1 amide bonds. The van der Waals surface area contributed by atoms with E-state index < -0.39 is 6.04 Å². The number of hydrogen-bond donors (Lipinski definition) is 0. The molecule has 0 spiro atoms. The molecule has 24 heavy (non-hydrogen) atoms. The molecule has 2 aromatic carbocycles. The highest BCUT2D eigenvalue weighted by Gasteiger charge is 2.40. The molecule has 0 radical (unpaired) electrons. The molecule has 0 saturated carbocycles. The maximum atomic E-state index is 12.9. The van der Waals surface area contributed by atoms with E-state index in [0.29, 0.717) is 32.1 Å². The highest BCUT2D eigenvalue weighted by molar-refractivity contribution is 6.42. The number of carbonyl (C=O) groups excluding carboxylic acids is 1. The molecular weight excluding hydrogens is 349 g/mol. The third-order valence-corrected chi connectivity index (χ3v) is 5.01. The van der Waals surface area contributed by atoms with Gasteiger partial charge in [-0.3, -0.25) is 9.59 Å². The van der Waals surface area contributed by atoms with E-state index in [9.17, 15) is 9.59 Å². The van der Waals surface area contributed by atoms with Gasteiger partial charge in [0.2, 0.25) is 5.76 Å². The van der Waals surface area contributed by atoms with Crippen molar-refractivity contribution in [2.45, 2.75) is 6.04 Å². The maximum absolute atomic E-state index is 12.9. The zero-order valence-corrected chi connectivity index (χ0v) is 14.1. The SMILES string of the molecule is CN1C(=O)c2oc3ccccc3c(=O)c2[C@H]1c1ccc(Cl)c(Cl)c1. The Morgan fingerprint density at radius 1 is 1.04 bits per heavy atom. The number of amides is 1. The Hall–Kier alpha value is -2.30. The first-order valence-corrected chi connectivity index (χ1v) is 8.02. The molecule has 2 heterocycles. The standard InChI is InChI=1S/C18H11Cl2NO3/c1-21-15(9-6-7-11(19)12(20)8-9)14-16(22)10-4-2-3-5-13(10)24-17(14)18(21)23/h2-8,15H,1H3/t15-/m1/s1. The van der Waals surface area contributed by atoms with Crippen molar-refractivity contribution in [1.82, 2.24) is 4.90 Å². The normalized spacial score (nSPS) is 16.7. The van der Waals surface area contributed by atoms with Gasteiger partial charge in [0.15, 0.2) is 5.43 Å². The van der Waals surface area contributed by atoms with Crippen LogP contribution in [0.5, 0.6) is 0 Å². The van der Waals surface area contributed by atoms with E-state index in [2.05, 4.69) is 0 Å². The molecule has 1 aliphatic rings. The average Bonchev–Trinajstić information content (AvgIpc) is 2.83. The zero-order valence-electron chi connectivity index (χ0n) is 12.5. The van der Waals surface area contributed by atoms with Crippen molar-refractivity contribution in [2.75, 3.05) is 7.05 Å². The van der Waals surface area contributed by atoms with Crippen molar-refractivity contribution in [1.29, 1.82) is 0 Å². The summed E-state index contributed by atoms with van der Waals surface area (Å²) in [6.07, 6.45) is 0. The van der Waals surface area contributed by atoms with E-state index in [1.54, 1.807) is 49.5 Å². The largest absolute Gasteiger partial charge is 0.450 e. The topological polar surface area (TPSA) is 50.5 Å². The summed E-state index contributed by atoms with van der Waals surface area (Å²) >= 11 is 12.1. The lowest BCUT2D eigenvalue weighted by molar-refractivity contribution is 0.0771. The van der Waals surface area contributed by atoms with Gasteiger partial charge in [0, 0.05) is 7.05 Å². The van der Waals surface area contributed by atoms with E-state index >= 15 is 0 Å². The van der Waals surface area contributed by atoms with Gasteiger partial charge in [0.05, 0.1) is 27.0 Å². The molecule has 4 rings (SSSR count). The van der Waals surface area contributed by atoms with Gasteiger partial charge in [-0.25, -0.2) is 0 Å². The molecule has 0 bridgehead atoms. The Balaban J connectivity index is 2.03. The molecule has 6 heteroatoms. The smallest absolute Gasteiger partial charge is 0.290 e. The molecule has 3 aromatic rings. The van der Waals surface area contributed by atoms with Crippen molar-refractivity contribution >= 4 is 40.1 Å². The van der Waals surface area contributed by atoms with Crippen LogP contribution in [-0.4, -0.2) is 17.9 Å². The van der Waals surface area contributed by atoms with Crippen molar-refractivity contribution in [3.63, 3.8) is 0 Å². The highest BCUT2D eigenvalue weighted by atomic mass is 35.5. The fourth-order valence-electron chi connectivity index (χ4n) is 3.11. The minimum atomic E-state index is -0.553. The highest BCUT2D eigenvalue weighted by Crippen LogP contribution is 2.38. The van der Waals surface area contributed by atoms with Gasteiger partial charge in [0.1, 0.15) is 5.58 Å². The third kappa shape index (κ3) is 2.07. The predicted octanol–water partition coefficient (Wildman–Crippen LogP) is 4.27. The summed E-state index contributed by atoms with van der Waals surface area (Å²) in [5, 5.41) is 1.23. The van der Waals surface area contributed by atoms with Crippen molar-refractivity contribution < 1.29 is 9.21 Å². The summed E-state index contributed by atoms with van der Waals surface area (Å²) < 4.78 is 5.72. The molecule has 1 atom stereocenters. The number of para-hydroxylation sites is 1. The number of carbonyl (C=O) groups is 1. The average molecular weight is 360 g/mol. The Morgan fingerprint density at radius 2 is 1.79 bits per heavy atom. The Bertz CT molecular complexity index is 1060. The van der Waals surface area contributed by atoms with Crippen molar-refractivity contribution in [3.8, 4) is 0 Å². The van der Waals surface area contributed by atoms with Gasteiger partial charge >= 0.3 is 0 Å². The van der Waals surface area contributed by atoms with Crippen LogP contribution in [0.3, 0.4) is 0 Å². The summed E-state index contributed by atoms with van der Waals surface area (Å²) in [5.74, 6) is -0.249. The molecule has 1 aliphatic heterocycles. The van der Waals surface area contributed by atoms with Crippen molar-refractivity contribution in [3.05, 3.63) is 79.6 Å². The van der Waals surface area contributed by atoms with Gasteiger partial charge < -0.3 is 9.32 Å². The summed E-state index contributed by atoms with van der Waals surface area (Å²) in [6, 6.07) is 11.4. The maximum Gasteiger partial charge on any atom is 0.290 e. The second-order valence-corrected chi connectivity index (χ2v) is 6.48. The minimum Gasteiger partial charge on any atom is -0.450 e. The van der Waals surface area contributed by atoms with Gasteiger partial charge in [-0.15, -0.1) is 0 Å². The second kappa shape index (κ2) is 5.36. The first kappa shape index (κ1) is 15.2. The zero-order chi connectivity index (χ0) is 17.0. The van der Waals surface area contributed by atoms with Crippen LogP contribution in [0.25, 0.3) is 11.0 Å². The van der Waals surface area contributed by atoms with E-state index in [0.717, 1.165) is 0 Å². The first-order chi connectivity index (χ1) is 11.5. The van der Waals surface area contributed by atoms with E-state index in [1.807, 2.05) is 0 Å². The number of fused-ring (bicyclic) bond motifs is 2. The molecule has 0 unspecified atom stereocenters. The quantitative estimate of drug-likeness (QED) is 0.651. The lowest BCUT2D eigenvalue weighted by Crippen LogP contribution is -2.25. The fourth-order valence-corrected chi connectivity index (χ4v) is 3.41. The summed E-state index contributed by atoms with van der Waals surface area (Å²) in [6.45, 7) is 0. The lowest BCUT2D eigenvalue weighted by atomic mass is 9.99. The molecular formula is C18H11Cl2NO3. The molecule has 0 fully saturated rings. The number of halogens is 2. The monoisotopic (exact) mass is 359 g/mol.